The van der Waals surface area contributed by atoms with Crippen molar-refractivity contribution in [1.82, 2.24) is 10.2 Å². The molecule has 0 spiro atoms. The Hall–Kier alpha value is -0.630. The number of ether oxygens (including phenoxy) is 1. The van der Waals surface area contributed by atoms with Gasteiger partial charge in [-0.2, -0.15) is 5.26 Å². The summed E-state index contributed by atoms with van der Waals surface area (Å²) in [6.07, 6.45) is 3.78. The highest BCUT2D eigenvalue weighted by molar-refractivity contribution is 4.92. The second-order valence-corrected chi connectivity index (χ2v) is 4.62. The molecule has 0 aromatic carbocycles. The van der Waals surface area contributed by atoms with Gasteiger partial charge in [0, 0.05) is 19.7 Å². The average Bonchev–Trinajstić information content (AvgIpc) is 2.85. The van der Waals surface area contributed by atoms with E-state index in [2.05, 4.69) is 30.1 Å². The summed E-state index contributed by atoms with van der Waals surface area (Å²) in [4.78, 5) is 2.31. The minimum absolute atomic E-state index is 0.0590. The van der Waals surface area contributed by atoms with Crippen molar-refractivity contribution in [3.8, 4) is 6.07 Å². The molecule has 2 unspecified atom stereocenters. The summed E-state index contributed by atoms with van der Waals surface area (Å²) in [7, 11) is 0. The number of nitrogens with zero attached hydrogens (tertiary/aromatic N) is 2. The molecule has 1 heterocycles. The maximum absolute atomic E-state index is 9.09. The van der Waals surface area contributed by atoms with Gasteiger partial charge in [-0.1, -0.05) is 13.8 Å². The predicted molar refractivity (Wildman–Crippen MR) is 68.8 cm³/mol. The van der Waals surface area contributed by atoms with Crippen molar-refractivity contribution >= 4 is 0 Å². The fourth-order valence-corrected chi connectivity index (χ4v) is 2.14. The van der Waals surface area contributed by atoms with Gasteiger partial charge in [-0.15, -0.1) is 0 Å². The van der Waals surface area contributed by atoms with Crippen LogP contribution in [-0.2, 0) is 4.74 Å². The molecular formula is C13H25N3O. The van der Waals surface area contributed by atoms with Crippen LogP contribution in [0.3, 0.4) is 0 Å². The third-order valence-electron chi connectivity index (χ3n) is 3.17. The Bertz CT molecular complexity index is 233. The average molecular weight is 239 g/mol. The number of rotatable bonds is 8. The molecule has 0 aliphatic carbocycles. The maximum Gasteiger partial charge on any atom is 0.108 e. The Morgan fingerprint density at radius 3 is 2.88 bits per heavy atom. The molecule has 0 aromatic heterocycles. The summed E-state index contributed by atoms with van der Waals surface area (Å²) < 4.78 is 5.64. The van der Waals surface area contributed by atoms with E-state index in [4.69, 9.17) is 10.00 Å². The van der Waals surface area contributed by atoms with Gasteiger partial charge in [0.2, 0.25) is 0 Å². The fraction of sp³-hybridized carbons (Fsp3) is 0.923. The third-order valence-corrected chi connectivity index (χ3v) is 3.17. The van der Waals surface area contributed by atoms with Crippen molar-refractivity contribution in [1.29, 1.82) is 5.26 Å². The van der Waals surface area contributed by atoms with E-state index in [1.54, 1.807) is 0 Å². The van der Waals surface area contributed by atoms with Gasteiger partial charge in [-0.05, 0) is 32.4 Å². The van der Waals surface area contributed by atoms with Crippen molar-refractivity contribution < 1.29 is 4.74 Å². The van der Waals surface area contributed by atoms with E-state index >= 15 is 0 Å². The van der Waals surface area contributed by atoms with Gasteiger partial charge < -0.3 is 10.1 Å². The normalized spacial score (nSPS) is 21.6. The molecule has 0 saturated carbocycles. The van der Waals surface area contributed by atoms with E-state index in [1.165, 1.54) is 6.42 Å². The number of hydrogen-bond acceptors (Lipinski definition) is 4. The fourth-order valence-electron chi connectivity index (χ4n) is 2.14. The molecule has 0 bridgehead atoms. The van der Waals surface area contributed by atoms with Crippen LogP contribution in [0.4, 0.5) is 0 Å². The summed E-state index contributed by atoms with van der Waals surface area (Å²) in [5.74, 6) is 0. The van der Waals surface area contributed by atoms with Crippen LogP contribution in [0, 0.1) is 11.3 Å². The van der Waals surface area contributed by atoms with Crippen LogP contribution in [0.25, 0.3) is 0 Å². The first-order chi connectivity index (χ1) is 8.30. The van der Waals surface area contributed by atoms with Gasteiger partial charge in [0.15, 0.2) is 0 Å². The number of hydrogen-bond donors (Lipinski definition) is 1. The smallest absolute Gasteiger partial charge is 0.108 e. The summed E-state index contributed by atoms with van der Waals surface area (Å²) in [5.41, 5.74) is 0. The molecule has 1 aliphatic rings. The van der Waals surface area contributed by atoms with E-state index in [0.717, 1.165) is 45.6 Å². The predicted octanol–water partition coefficient (Wildman–Crippen LogP) is 1.38. The lowest BCUT2D eigenvalue weighted by Gasteiger charge is -2.25. The molecule has 1 saturated heterocycles. The minimum Gasteiger partial charge on any atom is -0.377 e. The molecule has 4 heteroatoms. The van der Waals surface area contributed by atoms with Gasteiger partial charge in [0.05, 0.1) is 12.2 Å². The highest BCUT2D eigenvalue weighted by Crippen LogP contribution is 2.13. The quantitative estimate of drug-likeness (QED) is 0.695. The van der Waals surface area contributed by atoms with Gasteiger partial charge in [0.25, 0.3) is 0 Å². The van der Waals surface area contributed by atoms with Crippen molar-refractivity contribution in [2.45, 2.75) is 45.3 Å². The van der Waals surface area contributed by atoms with Crippen molar-refractivity contribution in [2.24, 2.45) is 0 Å². The molecule has 98 valence electrons. The standard InChI is InChI=1S/C13H25N3O/c1-3-7-15-12(9-14)10-16(4-2)11-13-6-5-8-17-13/h12-13,15H,3-8,10-11H2,1-2H3. The SMILES string of the molecule is CCCNC(C#N)CN(CC)CC1CCCO1. The van der Waals surface area contributed by atoms with E-state index in [9.17, 15) is 0 Å². The molecule has 1 aliphatic heterocycles. The second kappa shape index (κ2) is 8.46. The van der Waals surface area contributed by atoms with Crippen LogP contribution in [-0.4, -0.2) is 49.8 Å². The minimum atomic E-state index is -0.0590. The van der Waals surface area contributed by atoms with Crippen LogP contribution >= 0.6 is 0 Å². The molecule has 1 fully saturated rings. The number of likely N-dealkylation sites (N-methyl/N-ethyl adjacent to an activating group) is 1. The van der Waals surface area contributed by atoms with Crippen molar-refractivity contribution in [3.63, 3.8) is 0 Å². The lowest BCUT2D eigenvalue weighted by atomic mass is 10.2. The Morgan fingerprint density at radius 2 is 2.35 bits per heavy atom. The molecule has 0 aromatic rings. The van der Waals surface area contributed by atoms with Gasteiger partial charge in [0.1, 0.15) is 6.04 Å². The number of nitrogens with one attached hydrogen (secondary N) is 1. The van der Waals surface area contributed by atoms with Gasteiger partial charge >= 0.3 is 0 Å². The third kappa shape index (κ3) is 5.49. The van der Waals surface area contributed by atoms with Crippen molar-refractivity contribution in [3.05, 3.63) is 0 Å². The summed E-state index contributed by atoms with van der Waals surface area (Å²) in [6.45, 7) is 8.81. The second-order valence-electron chi connectivity index (χ2n) is 4.62. The summed E-state index contributed by atoms with van der Waals surface area (Å²) in [6, 6.07) is 2.27. The summed E-state index contributed by atoms with van der Waals surface area (Å²) >= 11 is 0. The molecule has 2 atom stereocenters. The Labute approximate surface area is 105 Å². The molecule has 4 nitrogen and oxygen atoms in total. The molecule has 0 amide bonds. The first-order valence-electron chi connectivity index (χ1n) is 6.77. The van der Waals surface area contributed by atoms with Gasteiger partial charge in [-0.3, -0.25) is 4.90 Å². The Balaban J connectivity index is 2.30. The topological polar surface area (TPSA) is 48.3 Å². The highest BCUT2D eigenvalue weighted by Gasteiger charge is 2.20. The van der Waals surface area contributed by atoms with Crippen molar-refractivity contribution in [2.75, 3.05) is 32.8 Å². The Morgan fingerprint density at radius 1 is 1.53 bits per heavy atom. The monoisotopic (exact) mass is 239 g/mol. The largest absolute Gasteiger partial charge is 0.377 e. The zero-order valence-corrected chi connectivity index (χ0v) is 11.1. The first kappa shape index (κ1) is 14.4. The van der Waals surface area contributed by atoms with E-state index in [1.807, 2.05) is 0 Å². The molecule has 1 rings (SSSR count). The molecule has 17 heavy (non-hydrogen) atoms. The lowest BCUT2D eigenvalue weighted by molar-refractivity contribution is 0.0733. The zero-order valence-electron chi connectivity index (χ0n) is 11.1. The number of nitriles is 1. The van der Waals surface area contributed by atoms with E-state index in [-0.39, 0.29) is 6.04 Å². The van der Waals surface area contributed by atoms with E-state index in [0.29, 0.717) is 6.10 Å². The maximum atomic E-state index is 9.09. The Kier molecular flexibility index (Phi) is 7.18. The molecule has 0 radical (unpaired) electrons. The lowest BCUT2D eigenvalue weighted by Crippen LogP contribution is -2.43. The van der Waals surface area contributed by atoms with Gasteiger partial charge in [-0.25, -0.2) is 0 Å². The van der Waals surface area contributed by atoms with E-state index < -0.39 is 0 Å². The van der Waals surface area contributed by atoms with Crippen LogP contribution in [0.15, 0.2) is 0 Å². The van der Waals surface area contributed by atoms with Crippen LogP contribution in [0.1, 0.15) is 33.1 Å². The van der Waals surface area contributed by atoms with Crippen LogP contribution in [0.5, 0.6) is 0 Å². The highest BCUT2D eigenvalue weighted by atomic mass is 16.5. The molecular weight excluding hydrogens is 214 g/mol. The van der Waals surface area contributed by atoms with Crippen LogP contribution in [0.2, 0.25) is 0 Å². The summed E-state index contributed by atoms with van der Waals surface area (Å²) in [5, 5.41) is 12.4. The first-order valence-corrected chi connectivity index (χ1v) is 6.77. The zero-order chi connectivity index (χ0) is 12.5. The molecule has 1 N–H and O–H groups in total. The van der Waals surface area contributed by atoms with Crippen LogP contribution < -0.4 is 5.32 Å².